The zero-order valence-corrected chi connectivity index (χ0v) is 8.41. The first-order valence-corrected chi connectivity index (χ1v) is 4.60. The van der Waals surface area contributed by atoms with Gasteiger partial charge in [-0.2, -0.15) is 0 Å². The van der Waals surface area contributed by atoms with Crippen LogP contribution >= 0.6 is 0 Å². The van der Waals surface area contributed by atoms with Gasteiger partial charge in [-0.05, 0) is 19.1 Å². The lowest BCUT2D eigenvalue weighted by molar-refractivity contribution is 0.788. The average Bonchev–Trinajstić information content (AvgIpc) is 2.76. The average molecular weight is 190 g/mol. The van der Waals surface area contributed by atoms with Crippen molar-refractivity contribution in [2.24, 2.45) is 12.8 Å². The summed E-state index contributed by atoms with van der Waals surface area (Å²) in [5, 5.41) is 0. The lowest BCUT2D eigenvalue weighted by Gasteiger charge is -2.01. The van der Waals surface area contributed by atoms with Crippen LogP contribution in [0.5, 0.6) is 0 Å². The highest BCUT2D eigenvalue weighted by Gasteiger charge is 2.12. The maximum atomic E-state index is 5.70. The molecule has 0 radical (unpaired) electrons. The molecule has 0 spiro atoms. The van der Waals surface area contributed by atoms with E-state index in [1.54, 1.807) is 0 Å². The topological polar surface area (TPSA) is 59.6 Å². The van der Waals surface area contributed by atoms with E-state index < -0.39 is 0 Å². The molecule has 74 valence electrons. The maximum Gasteiger partial charge on any atom is 0.109 e. The molecule has 0 fully saturated rings. The van der Waals surface area contributed by atoms with E-state index in [1.807, 2.05) is 36.9 Å². The SMILES string of the molecule is Cc1nc(-c2ccc[nH]2)c(CN)n1C. The van der Waals surface area contributed by atoms with Gasteiger partial charge in [-0.15, -0.1) is 0 Å². The van der Waals surface area contributed by atoms with E-state index in [0.717, 1.165) is 22.9 Å². The zero-order valence-electron chi connectivity index (χ0n) is 8.41. The van der Waals surface area contributed by atoms with Crippen molar-refractivity contribution in [1.82, 2.24) is 14.5 Å². The number of H-pyrrole nitrogens is 1. The van der Waals surface area contributed by atoms with Gasteiger partial charge in [0.2, 0.25) is 0 Å². The summed E-state index contributed by atoms with van der Waals surface area (Å²) < 4.78 is 2.02. The molecule has 0 saturated carbocycles. The van der Waals surface area contributed by atoms with Crippen LogP contribution < -0.4 is 5.73 Å². The maximum absolute atomic E-state index is 5.70. The van der Waals surface area contributed by atoms with Crippen LogP contribution in [0.25, 0.3) is 11.4 Å². The Morgan fingerprint density at radius 1 is 1.57 bits per heavy atom. The molecule has 3 N–H and O–H groups in total. The highest BCUT2D eigenvalue weighted by Crippen LogP contribution is 2.21. The predicted octanol–water partition coefficient (Wildman–Crippen LogP) is 1.18. The van der Waals surface area contributed by atoms with Crippen LogP contribution in [0.1, 0.15) is 11.5 Å². The summed E-state index contributed by atoms with van der Waals surface area (Å²) in [6.07, 6.45) is 1.89. The molecule has 0 bridgehead atoms. The third-order valence-corrected chi connectivity index (χ3v) is 2.48. The van der Waals surface area contributed by atoms with E-state index >= 15 is 0 Å². The Hall–Kier alpha value is -1.55. The number of aryl methyl sites for hydroxylation is 1. The largest absolute Gasteiger partial charge is 0.360 e. The van der Waals surface area contributed by atoms with Gasteiger partial charge >= 0.3 is 0 Å². The number of nitrogens with zero attached hydrogens (tertiary/aromatic N) is 2. The summed E-state index contributed by atoms with van der Waals surface area (Å²) >= 11 is 0. The summed E-state index contributed by atoms with van der Waals surface area (Å²) in [6.45, 7) is 2.48. The second-order valence-electron chi connectivity index (χ2n) is 3.30. The van der Waals surface area contributed by atoms with Crippen molar-refractivity contribution in [3.05, 3.63) is 29.8 Å². The summed E-state index contributed by atoms with van der Waals surface area (Å²) in [4.78, 5) is 7.61. The second kappa shape index (κ2) is 3.31. The number of nitrogens with two attached hydrogens (primary N) is 1. The molecule has 0 unspecified atom stereocenters. The molecule has 14 heavy (non-hydrogen) atoms. The number of nitrogens with one attached hydrogen (secondary N) is 1. The first-order chi connectivity index (χ1) is 6.74. The Labute approximate surface area is 82.8 Å². The highest BCUT2D eigenvalue weighted by atomic mass is 15.1. The smallest absolute Gasteiger partial charge is 0.109 e. The molecule has 0 saturated heterocycles. The fourth-order valence-corrected chi connectivity index (χ4v) is 1.58. The molecule has 0 aliphatic carbocycles. The van der Waals surface area contributed by atoms with Gasteiger partial charge in [0.1, 0.15) is 11.5 Å². The molecule has 2 heterocycles. The van der Waals surface area contributed by atoms with Crippen LogP contribution in [0, 0.1) is 6.92 Å². The number of hydrogen-bond donors (Lipinski definition) is 2. The van der Waals surface area contributed by atoms with E-state index in [-0.39, 0.29) is 0 Å². The van der Waals surface area contributed by atoms with Crippen LogP contribution in [-0.4, -0.2) is 14.5 Å². The monoisotopic (exact) mass is 190 g/mol. The Bertz CT molecular complexity index is 425. The van der Waals surface area contributed by atoms with Gasteiger partial charge in [-0.3, -0.25) is 0 Å². The minimum atomic E-state index is 0.506. The molecule has 0 atom stereocenters. The van der Waals surface area contributed by atoms with Crippen LogP contribution in [0.15, 0.2) is 18.3 Å². The van der Waals surface area contributed by atoms with Crippen molar-refractivity contribution in [3.8, 4) is 11.4 Å². The molecular formula is C10H14N4. The summed E-state index contributed by atoms with van der Waals surface area (Å²) in [5.74, 6) is 0.982. The number of aromatic amines is 1. The first kappa shape index (κ1) is 9.02. The van der Waals surface area contributed by atoms with E-state index in [1.165, 1.54) is 0 Å². The highest BCUT2D eigenvalue weighted by molar-refractivity contribution is 5.58. The van der Waals surface area contributed by atoms with Crippen LogP contribution in [0.4, 0.5) is 0 Å². The number of hydrogen-bond acceptors (Lipinski definition) is 2. The third kappa shape index (κ3) is 1.24. The van der Waals surface area contributed by atoms with E-state index in [2.05, 4.69) is 9.97 Å². The Balaban J connectivity index is 2.59. The fourth-order valence-electron chi connectivity index (χ4n) is 1.58. The molecule has 4 heteroatoms. The molecule has 2 aromatic heterocycles. The Morgan fingerprint density at radius 2 is 2.36 bits per heavy atom. The normalized spacial score (nSPS) is 10.8. The summed E-state index contributed by atoms with van der Waals surface area (Å²) in [5.41, 5.74) is 8.73. The zero-order chi connectivity index (χ0) is 10.1. The molecule has 4 nitrogen and oxygen atoms in total. The third-order valence-electron chi connectivity index (χ3n) is 2.48. The van der Waals surface area contributed by atoms with Crippen LogP contribution in [0.3, 0.4) is 0 Å². The molecule has 2 rings (SSSR count). The molecular weight excluding hydrogens is 176 g/mol. The van der Waals surface area contributed by atoms with Crippen LogP contribution in [-0.2, 0) is 13.6 Å². The van der Waals surface area contributed by atoms with Gasteiger partial charge in [0, 0.05) is 19.8 Å². The van der Waals surface area contributed by atoms with Crippen molar-refractivity contribution in [1.29, 1.82) is 0 Å². The lowest BCUT2D eigenvalue weighted by Crippen LogP contribution is -2.05. The van der Waals surface area contributed by atoms with E-state index in [4.69, 9.17) is 5.73 Å². The van der Waals surface area contributed by atoms with Crippen molar-refractivity contribution >= 4 is 0 Å². The van der Waals surface area contributed by atoms with Crippen molar-refractivity contribution in [2.75, 3.05) is 0 Å². The van der Waals surface area contributed by atoms with Gasteiger partial charge in [0.15, 0.2) is 0 Å². The molecule has 0 aliphatic rings. The Kier molecular flexibility index (Phi) is 2.13. The van der Waals surface area contributed by atoms with Gasteiger partial charge in [-0.25, -0.2) is 4.98 Å². The summed E-state index contributed by atoms with van der Waals surface area (Å²) in [6, 6.07) is 3.96. The number of rotatable bonds is 2. The van der Waals surface area contributed by atoms with Gasteiger partial charge in [-0.1, -0.05) is 0 Å². The standard InChI is InChI=1S/C10H14N4/c1-7-13-10(8-4-3-5-12-8)9(6-11)14(7)2/h3-5,12H,6,11H2,1-2H3. The van der Waals surface area contributed by atoms with E-state index in [9.17, 15) is 0 Å². The van der Waals surface area contributed by atoms with Crippen molar-refractivity contribution < 1.29 is 0 Å². The van der Waals surface area contributed by atoms with Crippen molar-refractivity contribution in [2.45, 2.75) is 13.5 Å². The number of imidazole rings is 1. The molecule has 2 aromatic rings. The Morgan fingerprint density at radius 3 is 2.93 bits per heavy atom. The first-order valence-electron chi connectivity index (χ1n) is 4.60. The fraction of sp³-hybridized carbons (Fsp3) is 0.300. The molecule has 0 amide bonds. The minimum absolute atomic E-state index is 0.506. The van der Waals surface area contributed by atoms with Crippen molar-refractivity contribution in [3.63, 3.8) is 0 Å². The minimum Gasteiger partial charge on any atom is -0.360 e. The number of aromatic nitrogens is 3. The second-order valence-corrected chi connectivity index (χ2v) is 3.30. The van der Waals surface area contributed by atoms with Gasteiger partial charge in [0.25, 0.3) is 0 Å². The summed E-state index contributed by atoms with van der Waals surface area (Å²) in [7, 11) is 1.98. The van der Waals surface area contributed by atoms with Gasteiger partial charge < -0.3 is 15.3 Å². The van der Waals surface area contributed by atoms with Gasteiger partial charge in [0.05, 0.1) is 11.4 Å². The molecule has 0 aliphatic heterocycles. The quantitative estimate of drug-likeness (QED) is 0.747. The molecule has 0 aromatic carbocycles. The van der Waals surface area contributed by atoms with Crippen LogP contribution in [0.2, 0.25) is 0 Å². The van der Waals surface area contributed by atoms with E-state index in [0.29, 0.717) is 6.54 Å². The lowest BCUT2D eigenvalue weighted by atomic mass is 10.2. The predicted molar refractivity (Wildman–Crippen MR) is 55.6 cm³/mol.